The molecule has 0 aromatic heterocycles. The Hall–Kier alpha value is -1.93. The Kier molecular flexibility index (Phi) is 5.23. The lowest BCUT2D eigenvalue weighted by molar-refractivity contribution is -0.177. The highest BCUT2D eigenvalue weighted by Crippen LogP contribution is 2.46. The van der Waals surface area contributed by atoms with Gasteiger partial charge >= 0.3 is 12.3 Å². The predicted molar refractivity (Wildman–Crippen MR) is 71.3 cm³/mol. The molecule has 0 spiro atoms. The highest BCUT2D eigenvalue weighted by atomic mass is 19.4. The molecule has 130 valence electrons. The zero-order valence-electron chi connectivity index (χ0n) is 13.0. The maximum Gasteiger partial charge on any atom is 0.417 e. The predicted octanol–water partition coefficient (Wildman–Crippen LogP) is 2.25. The normalized spacial score (nSPS) is 21.2. The van der Waals surface area contributed by atoms with E-state index in [1.54, 1.807) is 0 Å². The van der Waals surface area contributed by atoms with Gasteiger partial charge < -0.3 is 14.3 Å². The fourth-order valence-corrected chi connectivity index (χ4v) is 2.47. The Bertz CT molecular complexity index is 500. The number of hydrogen-bond acceptors (Lipinski definition) is 5. The summed E-state index contributed by atoms with van der Waals surface area (Å²) in [6, 6.07) is -2.43. The van der Waals surface area contributed by atoms with E-state index in [9.17, 15) is 32.3 Å². The van der Waals surface area contributed by atoms with Gasteiger partial charge in [-0.2, -0.15) is 13.2 Å². The summed E-state index contributed by atoms with van der Waals surface area (Å²) >= 11 is 0. The molecule has 1 atom stereocenters. The van der Waals surface area contributed by atoms with Crippen molar-refractivity contribution < 1.29 is 37.1 Å². The van der Waals surface area contributed by atoms with Crippen molar-refractivity contribution in [1.29, 1.82) is 0 Å². The number of ether oxygens (including phenoxy) is 1. The van der Waals surface area contributed by atoms with Crippen molar-refractivity contribution in [2.45, 2.75) is 57.9 Å². The van der Waals surface area contributed by atoms with Crippen LogP contribution in [0, 0.1) is 5.41 Å². The molecule has 6 nitrogen and oxygen atoms in total. The van der Waals surface area contributed by atoms with Gasteiger partial charge in [-0.1, -0.05) is 0 Å². The van der Waals surface area contributed by atoms with Crippen molar-refractivity contribution in [3.63, 3.8) is 0 Å². The van der Waals surface area contributed by atoms with Crippen molar-refractivity contribution in [2.75, 3.05) is 0 Å². The van der Waals surface area contributed by atoms with Crippen LogP contribution in [0.1, 0.15) is 40.0 Å². The van der Waals surface area contributed by atoms with E-state index in [1.165, 1.54) is 20.8 Å². The first kappa shape index (κ1) is 19.1. The molecule has 1 fully saturated rings. The van der Waals surface area contributed by atoms with E-state index in [1.807, 2.05) is 0 Å². The Balaban J connectivity index is 3.28. The molecule has 0 unspecified atom stereocenters. The van der Waals surface area contributed by atoms with Crippen molar-refractivity contribution in [3.8, 4) is 0 Å². The number of alkyl halides is 3. The topological polar surface area (TPSA) is 80.8 Å². The van der Waals surface area contributed by atoms with Crippen LogP contribution in [0.15, 0.2) is 0 Å². The fourth-order valence-electron chi connectivity index (χ4n) is 2.47. The maximum absolute atomic E-state index is 13.2. The number of imide groups is 1. The van der Waals surface area contributed by atoms with Crippen LogP contribution >= 0.6 is 0 Å². The smallest absolute Gasteiger partial charge is 0.417 e. The molecule has 0 aromatic rings. The van der Waals surface area contributed by atoms with Crippen LogP contribution in [-0.2, 0) is 19.1 Å². The van der Waals surface area contributed by atoms with Crippen LogP contribution in [0.4, 0.5) is 18.0 Å². The maximum atomic E-state index is 13.2. The molecular formula is C14H18F3NO5. The quantitative estimate of drug-likeness (QED) is 0.735. The van der Waals surface area contributed by atoms with E-state index in [-0.39, 0.29) is 17.5 Å². The van der Waals surface area contributed by atoms with Gasteiger partial charge in [-0.25, -0.2) is 9.69 Å². The number of carbonyl (C=O) groups excluding carboxylic acids is 4. The Morgan fingerprint density at radius 2 is 1.74 bits per heavy atom. The summed E-state index contributed by atoms with van der Waals surface area (Å²) in [7, 11) is 0. The zero-order chi connectivity index (χ0) is 18.1. The van der Waals surface area contributed by atoms with Crippen LogP contribution in [0.2, 0.25) is 0 Å². The van der Waals surface area contributed by atoms with Gasteiger partial charge in [-0.3, -0.25) is 4.79 Å². The number of amides is 2. The summed E-state index contributed by atoms with van der Waals surface area (Å²) in [5.74, 6) is -1.21. The molecule has 0 radical (unpaired) electrons. The van der Waals surface area contributed by atoms with Crippen LogP contribution in [0.3, 0.4) is 0 Å². The number of nitrogens with zero attached hydrogens (tertiary/aromatic N) is 1. The SMILES string of the molecule is CC(C)(C)OC(=O)N1C(=O)C(CC=O)(CC=O)C[C@H]1C(F)(F)F. The van der Waals surface area contributed by atoms with Crippen LogP contribution in [-0.4, -0.2) is 47.3 Å². The lowest BCUT2D eigenvalue weighted by Gasteiger charge is -2.28. The molecule has 23 heavy (non-hydrogen) atoms. The second-order valence-corrected chi connectivity index (χ2v) is 6.44. The minimum Gasteiger partial charge on any atom is -0.443 e. The highest BCUT2D eigenvalue weighted by molar-refractivity contribution is 6.00. The Morgan fingerprint density at radius 1 is 1.26 bits per heavy atom. The Labute approximate surface area is 130 Å². The molecule has 1 heterocycles. The van der Waals surface area contributed by atoms with Gasteiger partial charge in [0.2, 0.25) is 5.91 Å². The Morgan fingerprint density at radius 3 is 2.09 bits per heavy atom. The number of rotatable bonds is 4. The first-order valence-electron chi connectivity index (χ1n) is 6.88. The minimum atomic E-state index is -4.89. The zero-order valence-corrected chi connectivity index (χ0v) is 13.0. The summed E-state index contributed by atoms with van der Waals surface area (Å²) in [6.07, 6.45) is -7.77. The van der Waals surface area contributed by atoms with E-state index in [0.29, 0.717) is 0 Å². The van der Waals surface area contributed by atoms with Gasteiger partial charge in [-0.15, -0.1) is 0 Å². The largest absolute Gasteiger partial charge is 0.443 e. The molecular weight excluding hydrogens is 319 g/mol. The van der Waals surface area contributed by atoms with Gasteiger partial charge in [0.05, 0.1) is 5.41 Å². The van der Waals surface area contributed by atoms with E-state index in [0.717, 1.165) is 0 Å². The average Bonchev–Trinajstić information content (AvgIpc) is 2.62. The molecule has 0 N–H and O–H groups in total. The van der Waals surface area contributed by atoms with Crippen molar-refractivity contribution in [2.24, 2.45) is 5.41 Å². The molecule has 1 rings (SSSR count). The minimum absolute atomic E-state index is 0.0156. The fraction of sp³-hybridized carbons (Fsp3) is 0.714. The number of aldehydes is 2. The van der Waals surface area contributed by atoms with Crippen molar-refractivity contribution >= 4 is 24.6 Å². The van der Waals surface area contributed by atoms with Gasteiger partial charge in [-0.05, 0) is 27.2 Å². The summed E-state index contributed by atoms with van der Waals surface area (Å²) in [5.41, 5.74) is -2.96. The van der Waals surface area contributed by atoms with E-state index >= 15 is 0 Å². The van der Waals surface area contributed by atoms with E-state index in [2.05, 4.69) is 0 Å². The number of likely N-dealkylation sites (tertiary alicyclic amines) is 1. The first-order chi connectivity index (χ1) is 10.4. The molecule has 1 aliphatic rings. The molecule has 0 aromatic carbocycles. The number of halogens is 3. The van der Waals surface area contributed by atoms with Crippen LogP contribution < -0.4 is 0 Å². The summed E-state index contributed by atoms with van der Waals surface area (Å²) in [5, 5.41) is 0. The lowest BCUT2D eigenvalue weighted by Crippen LogP contribution is -2.49. The molecule has 1 saturated heterocycles. The molecule has 0 saturated carbocycles. The van der Waals surface area contributed by atoms with Crippen molar-refractivity contribution in [3.05, 3.63) is 0 Å². The van der Waals surface area contributed by atoms with Gasteiger partial charge in [0.1, 0.15) is 24.2 Å². The molecule has 9 heteroatoms. The lowest BCUT2D eigenvalue weighted by atomic mass is 9.79. The average molecular weight is 337 g/mol. The summed E-state index contributed by atoms with van der Waals surface area (Å²) < 4.78 is 44.5. The second kappa shape index (κ2) is 6.29. The van der Waals surface area contributed by atoms with Crippen LogP contribution in [0.5, 0.6) is 0 Å². The third kappa shape index (κ3) is 4.08. The van der Waals surface area contributed by atoms with E-state index in [4.69, 9.17) is 4.74 Å². The van der Waals surface area contributed by atoms with Crippen molar-refractivity contribution in [1.82, 2.24) is 4.90 Å². The van der Waals surface area contributed by atoms with Gasteiger partial charge in [0.15, 0.2) is 0 Å². The molecule has 2 amide bonds. The monoisotopic (exact) mass is 337 g/mol. The summed E-state index contributed by atoms with van der Waals surface area (Å²) in [4.78, 5) is 45.9. The van der Waals surface area contributed by atoms with Gasteiger partial charge in [0, 0.05) is 12.8 Å². The first-order valence-corrected chi connectivity index (χ1v) is 6.88. The number of carbonyl (C=O) groups is 4. The van der Waals surface area contributed by atoms with Crippen LogP contribution in [0.25, 0.3) is 0 Å². The summed E-state index contributed by atoms with van der Waals surface area (Å²) in [6.45, 7) is 4.33. The highest BCUT2D eigenvalue weighted by Gasteiger charge is 2.62. The third-order valence-corrected chi connectivity index (χ3v) is 3.48. The van der Waals surface area contributed by atoms with E-state index < -0.39 is 54.5 Å². The molecule has 0 bridgehead atoms. The molecule has 0 aliphatic carbocycles. The molecule has 1 aliphatic heterocycles. The van der Waals surface area contributed by atoms with Gasteiger partial charge in [0.25, 0.3) is 0 Å². The third-order valence-electron chi connectivity index (χ3n) is 3.48. The second-order valence-electron chi connectivity index (χ2n) is 6.44. The number of hydrogen-bond donors (Lipinski definition) is 0. The standard InChI is InChI=1S/C14H18F3NO5/c1-12(2,3)23-11(22)18-9(14(15,16)17)8-13(4-6-19,5-7-20)10(18)21/h6-7,9H,4-5,8H2,1-3H3/t9-/m0/s1.